The van der Waals surface area contributed by atoms with Crippen LogP contribution in [0, 0.1) is 0 Å². The van der Waals surface area contributed by atoms with Gasteiger partial charge in [-0.1, -0.05) is 6.92 Å². The van der Waals surface area contributed by atoms with Gasteiger partial charge in [0.15, 0.2) is 5.96 Å². The van der Waals surface area contributed by atoms with Crippen LogP contribution in [0.1, 0.15) is 53.8 Å². The lowest BCUT2D eigenvalue weighted by atomic mass is 10.2. The molecule has 0 bridgehead atoms. The van der Waals surface area contributed by atoms with Crippen molar-refractivity contribution >= 4 is 29.9 Å². The van der Waals surface area contributed by atoms with Gasteiger partial charge in [0, 0.05) is 51.2 Å². The summed E-state index contributed by atoms with van der Waals surface area (Å²) in [5, 5.41) is 14.8. The largest absolute Gasteiger partial charge is 0.357 e. The quantitative estimate of drug-likeness (QED) is 0.221. The van der Waals surface area contributed by atoms with E-state index >= 15 is 0 Å². The first kappa shape index (κ1) is 25.1. The van der Waals surface area contributed by atoms with Crippen LogP contribution < -0.4 is 10.6 Å². The average Bonchev–Trinajstić information content (AvgIpc) is 3.01. The molecule has 26 heavy (non-hydrogen) atoms. The molecule has 0 aliphatic heterocycles. The minimum atomic E-state index is 0. The molecule has 1 aromatic rings. The number of guanidine groups is 1. The summed E-state index contributed by atoms with van der Waals surface area (Å²) < 4.78 is 2.08. The molecule has 0 amide bonds. The Labute approximate surface area is 176 Å². The fourth-order valence-corrected chi connectivity index (χ4v) is 2.93. The average molecular weight is 479 g/mol. The topological polar surface area (TPSA) is 70.4 Å². The second-order valence-corrected chi connectivity index (χ2v) is 6.76. The van der Waals surface area contributed by atoms with E-state index in [-0.39, 0.29) is 24.0 Å². The van der Waals surface area contributed by atoms with E-state index in [9.17, 15) is 0 Å². The zero-order chi connectivity index (χ0) is 18.7. The van der Waals surface area contributed by atoms with Gasteiger partial charge in [0.05, 0.1) is 0 Å². The van der Waals surface area contributed by atoms with Gasteiger partial charge in [-0.05, 0) is 41.0 Å². The second kappa shape index (κ2) is 14.2. The van der Waals surface area contributed by atoms with E-state index in [4.69, 9.17) is 4.99 Å². The molecular weight excluding hydrogens is 441 g/mol. The predicted molar refractivity (Wildman–Crippen MR) is 120 cm³/mol. The lowest BCUT2D eigenvalue weighted by Crippen LogP contribution is -2.39. The van der Waals surface area contributed by atoms with Gasteiger partial charge in [-0.2, -0.15) is 0 Å². The molecule has 0 saturated heterocycles. The van der Waals surface area contributed by atoms with Crippen LogP contribution >= 0.6 is 24.0 Å². The van der Waals surface area contributed by atoms with E-state index in [2.05, 4.69) is 71.8 Å². The predicted octanol–water partition coefficient (Wildman–Crippen LogP) is 2.52. The van der Waals surface area contributed by atoms with Crippen molar-refractivity contribution in [2.24, 2.45) is 4.99 Å². The summed E-state index contributed by atoms with van der Waals surface area (Å²) in [6, 6.07) is 1.15. The molecule has 8 heteroatoms. The second-order valence-electron chi connectivity index (χ2n) is 6.76. The first-order valence-electron chi connectivity index (χ1n) is 9.64. The van der Waals surface area contributed by atoms with Gasteiger partial charge in [0.2, 0.25) is 0 Å². The molecule has 0 atom stereocenters. The lowest BCUT2D eigenvalue weighted by Gasteiger charge is -2.30. The smallest absolute Gasteiger partial charge is 0.191 e. The highest BCUT2D eigenvalue weighted by Gasteiger charge is 2.12. The van der Waals surface area contributed by atoms with Crippen LogP contribution in [0.25, 0.3) is 0 Å². The Hall–Kier alpha value is -0.900. The highest BCUT2D eigenvalue weighted by molar-refractivity contribution is 14.0. The van der Waals surface area contributed by atoms with E-state index in [1.165, 1.54) is 0 Å². The third-order valence-corrected chi connectivity index (χ3v) is 4.17. The van der Waals surface area contributed by atoms with Gasteiger partial charge in [-0.3, -0.25) is 9.89 Å². The first-order valence-corrected chi connectivity index (χ1v) is 9.64. The van der Waals surface area contributed by atoms with Crippen LogP contribution in [-0.4, -0.2) is 63.9 Å². The highest BCUT2D eigenvalue weighted by atomic mass is 127. The maximum Gasteiger partial charge on any atom is 0.191 e. The summed E-state index contributed by atoms with van der Waals surface area (Å²) in [6.45, 7) is 17.6. The van der Waals surface area contributed by atoms with Gasteiger partial charge in [0.25, 0.3) is 0 Å². The third-order valence-electron chi connectivity index (χ3n) is 4.17. The van der Waals surface area contributed by atoms with Crippen molar-refractivity contribution in [3.63, 3.8) is 0 Å². The molecule has 0 aliphatic rings. The van der Waals surface area contributed by atoms with Crippen LogP contribution in [0.2, 0.25) is 0 Å². The van der Waals surface area contributed by atoms with Crippen molar-refractivity contribution in [1.82, 2.24) is 30.3 Å². The molecule has 0 spiro atoms. The fraction of sp³-hybridized carbons (Fsp3) is 0.833. The van der Waals surface area contributed by atoms with Crippen molar-refractivity contribution in [1.29, 1.82) is 0 Å². The normalized spacial score (nSPS) is 12.0. The zero-order valence-electron chi connectivity index (χ0n) is 17.3. The van der Waals surface area contributed by atoms with Crippen molar-refractivity contribution in [2.45, 2.75) is 73.0 Å². The number of hydrogen-bond donors (Lipinski definition) is 2. The number of nitrogens with one attached hydrogen (secondary N) is 2. The van der Waals surface area contributed by atoms with Crippen molar-refractivity contribution in [3.8, 4) is 0 Å². The van der Waals surface area contributed by atoms with Crippen LogP contribution in [-0.2, 0) is 13.0 Å². The Morgan fingerprint density at radius 3 is 2.46 bits per heavy atom. The van der Waals surface area contributed by atoms with E-state index in [0.717, 1.165) is 57.3 Å². The third kappa shape index (κ3) is 9.16. The number of aliphatic imine (C=N–C) groups is 1. The van der Waals surface area contributed by atoms with Gasteiger partial charge < -0.3 is 15.2 Å². The summed E-state index contributed by atoms with van der Waals surface area (Å²) in [5.41, 5.74) is 0. The SMILES string of the molecule is CCNC(=NCCCN(C(C)C)C(C)C)NCCn1cnnc1CC.I. The molecule has 1 aromatic heterocycles. The Morgan fingerprint density at radius 2 is 1.88 bits per heavy atom. The number of hydrogen-bond acceptors (Lipinski definition) is 4. The molecule has 0 fully saturated rings. The summed E-state index contributed by atoms with van der Waals surface area (Å²) in [6.07, 6.45) is 3.76. The summed E-state index contributed by atoms with van der Waals surface area (Å²) in [5.74, 6) is 1.90. The number of nitrogens with zero attached hydrogens (tertiary/aromatic N) is 5. The summed E-state index contributed by atoms with van der Waals surface area (Å²) in [7, 11) is 0. The highest BCUT2D eigenvalue weighted by Crippen LogP contribution is 2.05. The number of halogens is 1. The van der Waals surface area contributed by atoms with Gasteiger partial charge >= 0.3 is 0 Å². The Balaban J connectivity index is 0.00000625. The monoisotopic (exact) mass is 479 g/mol. The Bertz CT molecular complexity index is 491. The van der Waals surface area contributed by atoms with Crippen molar-refractivity contribution < 1.29 is 0 Å². The van der Waals surface area contributed by atoms with Gasteiger partial charge in [-0.25, -0.2) is 0 Å². The maximum absolute atomic E-state index is 4.69. The first-order chi connectivity index (χ1) is 12.0. The van der Waals surface area contributed by atoms with Crippen molar-refractivity contribution in [3.05, 3.63) is 12.2 Å². The maximum atomic E-state index is 4.69. The van der Waals surface area contributed by atoms with E-state index < -0.39 is 0 Å². The molecule has 0 unspecified atom stereocenters. The minimum absolute atomic E-state index is 0. The molecule has 2 N–H and O–H groups in total. The Kier molecular flexibility index (Phi) is 13.7. The standard InChI is InChI=1S/C18H37N7.HI/c1-7-17-23-22-14-24(17)13-11-21-18(19-8-2)20-10-9-12-25(15(3)4)16(5)6;/h14-16H,7-13H2,1-6H3,(H2,19,20,21);1H. The number of rotatable bonds is 11. The summed E-state index contributed by atoms with van der Waals surface area (Å²) in [4.78, 5) is 7.20. The van der Waals surface area contributed by atoms with Crippen molar-refractivity contribution in [2.75, 3.05) is 26.2 Å². The van der Waals surface area contributed by atoms with Crippen LogP contribution in [0.3, 0.4) is 0 Å². The number of aromatic nitrogens is 3. The van der Waals surface area contributed by atoms with Gasteiger partial charge in [-0.15, -0.1) is 34.2 Å². The molecular formula is C18H38IN7. The van der Waals surface area contributed by atoms with E-state index in [0.29, 0.717) is 12.1 Å². The van der Waals surface area contributed by atoms with Crippen LogP contribution in [0.5, 0.6) is 0 Å². The molecule has 0 aliphatic carbocycles. The fourth-order valence-electron chi connectivity index (χ4n) is 2.93. The molecule has 0 aromatic carbocycles. The molecule has 0 radical (unpaired) electrons. The molecule has 7 nitrogen and oxygen atoms in total. The minimum Gasteiger partial charge on any atom is -0.357 e. The zero-order valence-corrected chi connectivity index (χ0v) is 19.7. The molecule has 1 heterocycles. The lowest BCUT2D eigenvalue weighted by molar-refractivity contribution is 0.174. The Morgan fingerprint density at radius 1 is 1.19 bits per heavy atom. The molecule has 0 saturated carbocycles. The van der Waals surface area contributed by atoms with E-state index in [1.54, 1.807) is 6.33 Å². The van der Waals surface area contributed by atoms with Crippen LogP contribution in [0.15, 0.2) is 11.3 Å². The molecule has 152 valence electrons. The number of aryl methyl sites for hydroxylation is 1. The van der Waals surface area contributed by atoms with Gasteiger partial charge in [0.1, 0.15) is 12.2 Å². The van der Waals surface area contributed by atoms with Crippen LogP contribution in [0.4, 0.5) is 0 Å². The van der Waals surface area contributed by atoms with E-state index in [1.807, 2.05) is 0 Å². The molecule has 1 rings (SSSR count). The summed E-state index contributed by atoms with van der Waals surface area (Å²) >= 11 is 0.